The molecule has 1 aromatic carbocycles. The fourth-order valence-electron chi connectivity index (χ4n) is 1.67. The Morgan fingerprint density at radius 2 is 2.06 bits per heavy atom. The van der Waals surface area contributed by atoms with E-state index in [9.17, 15) is 8.42 Å². The minimum atomic E-state index is -2.98. The fraction of sp³-hybridized carbons (Fsp3) is 0.333. The molecule has 17 heavy (non-hydrogen) atoms. The molecule has 0 saturated heterocycles. The van der Waals surface area contributed by atoms with Gasteiger partial charge in [-0.3, -0.25) is 0 Å². The van der Waals surface area contributed by atoms with Gasteiger partial charge < -0.3 is 10.2 Å². The zero-order chi connectivity index (χ0) is 12.5. The van der Waals surface area contributed by atoms with Crippen molar-refractivity contribution in [1.82, 2.24) is 0 Å². The number of hydrogen-bond acceptors (Lipinski definition) is 4. The summed E-state index contributed by atoms with van der Waals surface area (Å²) < 4.78 is 27.7. The van der Waals surface area contributed by atoms with E-state index in [0.717, 1.165) is 11.0 Å². The van der Waals surface area contributed by atoms with Crippen LogP contribution in [0, 0.1) is 0 Å². The van der Waals surface area contributed by atoms with Crippen LogP contribution in [0.1, 0.15) is 18.2 Å². The molecule has 0 aliphatic rings. The number of rotatable bonds is 4. The van der Waals surface area contributed by atoms with E-state index in [2.05, 4.69) is 0 Å². The van der Waals surface area contributed by atoms with Crippen molar-refractivity contribution >= 4 is 20.8 Å². The zero-order valence-corrected chi connectivity index (χ0v) is 10.4. The maximum atomic E-state index is 11.1. The van der Waals surface area contributed by atoms with E-state index in [1.807, 2.05) is 30.3 Å². The standard InChI is InChI=1S/C12H15NO3S/c1-17(14,15)7-6-10(13)12-8-9-4-2-3-5-11(9)16-12/h2-5,8,10H,6-7,13H2,1H3. The lowest BCUT2D eigenvalue weighted by Gasteiger charge is -2.06. The summed E-state index contributed by atoms with van der Waals surface area (Å²) in [6.45, 7) is 0. The molecule has 5 heteroatoms. The van der Waals surface area contributed by atoms with E-state index in [-0.39, 0.29) is 11.8 Å². The second-order valence-corrected chi connectivity index (χ2v) is 6.47. The second kappa shape index (κ2) is 4.50. The van der Waals surface area contributed by atoms with Gasteiger partial charge in [-0.1, -0.05) is 18.2 Å². The summed E-state index contributed by atoms with van der Waals surface area (Å²) in [6.07, 6.45) is 1.58. The largest absolute Gasteiger partial charge is 0.459 e. The normalized spacial score (nSPS) is 14.0. The molecule has 92 valence electrons. The zero-order valence-electron chi connectivity index (χ0n) is 9.59. The first kappa shape index (κ1) is 12.1. The molecule has 1 atom stereocenters. The van der Waals surface area contributed by atoms with Gasteiger partial charge in [-0.2, -0.15) is 0 Å². The van der Waals surface area contributed by atoms with Gasteiger partial charge in [0.05, 0.1) is 11.8 Å². The minimum absolute atomic E-state index is 0.0746. The lowest BCUT2D eigenvalue weighted by Crippen LogP contribution is -2.14. The molecule has 1 aromatic heterocycles. The Kier molecular flexibility index (Phi) is 3.22. The van der Waals surface area contributed by atoms with E-state index in [1.54, 1.807) is 0 Å². The average molecular weight is 253 g/mol. The van der Waals surface area contributed by atoms with Crippen LogP contribution < -0.4 is 5.73 Å². The van der Waals surface area contributed by atoms with Crippen LogP contribution in [-0.2, 0) is 9.84 Å². The maximum absolute atomic E-state index is 11.1. The van der Waals surface area contributed by atoms with Gasteiger partial charge in [0.2, 0.25) is 0 Å². The molecular weight excluding hydrogens is 238 g/mol. The van der Waals surface area contributed by atoms with Gasteiger partial charge in [0.1, 0.15) is 21.2 Å². The Labute approximate surface area is 100 Å². The monoisotopic (exact) mass is 253 g/mol. The highest BCUT2D eigenvalue weighted by molar-refractivity contribution is 7.90. The van der Waals surface area contributed by atoms with Gasteiger partial charge in [-0.25, -0.2) is 8.42 Å². The quantitative estimate of drug-likeness (QED) is 0.902. The van der Waals surface area contributed by atoms with Gasteiger partial charge in [-0.05, 0) is 18.6 Å². The number of furan rings is 1. The number of fused-ring (bicyclic) bond motifs is 1. The van der Waals surface area contributed by atoms with Crippen LogP contribution in [0.4, 0.5) is 0 Å². The molecule has 0 amide bonds. The van der Waals surface area contributed by atoms with Crippen molar-refractivity contribution in [3.05, 3.63) is 36.1 Å². The second-order valence-electron chi connectivity index (χ2n) is 4.21. The van der Waals surface area contributed by atoms with E-state index in [0.29, 0.717) is 12.2 Å². The number of nitrogens with two attached hydrogens (primary N) is 1. The van der Waals surface area contributed by atoms with Crippen molar-refractivity contribution < 1.29 is 12.8 Å². The molecule has 0 saturated carbocycles. The third kappa shape index (κ3) is 3.08. The van der Waals surface area contributed by atoms with Gasteiger partial charge in [0.15, 0.2) is 0 Å². The highest BCUT2D eigenvalue weighted by atomic mass is 32.2. The van der Waals surface area contributed by atoms with Gasteiger partial charge in [0.25, 0.3) is 0 Å². The van der Waals surface area contributed by atoms with Crippen LogP contribution in [0.5, 0.6) is 0 Å². The number of benzene rings is 1. The first-order chi connectivity index (χ1) is 7.96. The Hall–Kier alpha value is -1.33. The van der Waals surface area contributed by atoms with Crippen molar-refractivity contribution in [2.45, 2.75) is 12.5 Å². The molecular formula is C12H15NO3S. The third-order valence-corrected chi connectivity index (χ3v) is 3.59. The van der Waals surface area contributed by atoms with Crippen LogP contribution in [0.15, 0.2) is 34.7 Å². The van der Waals surface area contributed by atoms with E-state index >= 15 is 0 Å². The van der Waals surface area contributed by atoms with E-state index in [4.69, 9.17) is 10.2 Å². The summed E-state index contributed by atoms with van der Waals surface area (Å²) in [5.41, 5.74) is 6.68. The Bertz CT molecular complexity index is 582. The van der Waals surface area contributed by atoms with E-state index < -0.39 is 9.84 Å². The first-order valence-corrected chi connectivity index (χ1v) is 7.43. The molecule has 0 fully saturated rings. The summed E-state index contributed by atoms with van der Waals surface area (Å²) in [4.78, 5) is 0. The molecule has 4 nitrogen and oxygen atoms in total. The predicted molar refractivity (Wildman–Crippen MR) is 67.5 cm³/mol. The molecule has 0 spiro atoms. The number of para-hydroxylation sites is 1. The highest BCUT2D eigenvalue weighted by Crippen LogP contribution is 2.24. The van der Waals surface area contributed by atoms with Crippen LogP contribution >= 0.6 is 0 Å². The topological polar surface area (TPSA) is 73.3 Å². The fourth-order valence-corrected chi connectivity index (χ4v) is 2.35. The smallest absolute Gasteiger partial charge is 0.147 e. The SMILES string of the molecule is CS(=O)(=O)CCC(N)c1cc2ccccc2o1. The summed E-state index contributed by atoms with van der Waals surface area (Å²) >= 11 is 0. The van der Waals surface area contributed by atoms with Crippen molar-refractivity contribution in [1.29, 1.82) is 0 Å². The van der Waals surface area contributed by atoms with Crippen LogP contribution in [0.3, 0.4) is 0 Å². The summed E-state index contributed by atoms with van der Waals surface area (Å²) in [5, 5.41) is 0.984. The van der Waals surface area contributed by atoms with Crippen LogP contribution in [-0.4, -0.2) is 20.4 Å². The third-order valence-electron chi connectivity index (χ3n) is 2.61. The molecule has 2 N–H and O–H groups in total. The summed E-state index contributed by atoms with van der Waals surface area (Å²) in [5.74, 6) is 0.709. The molecule has 0 bridgehead atoms. The van der Waals surface area contributed by atoms with E-state index in [1.165, 1.54) is 6.26 Å². The molecule has 0 aliphatic heterocycles. The molecule has 2 rings (SSSR count). The van der Waals surface area contributed by atoms with Gasteiger partial charge >= 0.3 is 0 Å². The minimum Gasteiger partial charge on any atom is -0.459 e. The van der Waals surface area contributed by atoms with Gasteiger partial charge in [-0.15, -0.1) is 0 Å². The Morgan fingerprint density at radius 1 is 1.35 bits per heavy atom. The number of sulfone groups is 1. The average Bonchev–Trinajstić information content (AvgIpc) is 2.68. The molecule has 0 radical (unpaired) electrons. The number of hydrogen-bond donors (Lipinski definition) is 1. The van der Waals surface area contributed by atoms with Crippen molar-refractivity contribution in [2.24, 2.45) is 5.73 Å². The van der Waals surface area contributed by atoms with Gasteiger partial charge in [0, 0.05) is 11.6 Å². The summed E-state index contributed by atoms with van der Waals surface area (Å²) in [6, 6.07) is 9.09. The van der Waals surface area contributed by atoms with Crippen molar-refractivity contribution in [3.8, 4) is 0 Å². The molecule has 1 unspecified atom stereocenters. The predicted octanol–water partition coefficient (Wildman–Crippen LogP) is 1.87. The lowest BCUT2D eigenvalue weighted by atomic mass is 10.2. The molecule has 0 aliphatic carbocycles. The summed E-state index contributed by atoms with van der Waals surface area (Å²) in [7, 11) is -2.98. The Balaban J connectivity index is 2.16. The Morgan fingerprint density at radius 3 is 2.71 bits per heavy atom. The molecule has 2 aromatic rings. The van der Waals surface area contributed by atoms with Crippen LogP contribution in [0.2, 0.25) is 0 Å². The highest BCUT2D eigenvalue weighted by Gasteiger charge is 2.14. The van der Waals surface area contributed by atoms with Crippen molar-refractivity contribution in [3.63, 3.8) is 0 Å². The first-order valence-electron chi connectivity index (χ1n) is 5.37. The maximum Gasteiger partial charge on any atom is 0.147 e. The van der Waals surface area contributed by atoms with Crippen molar-refractivity contribution in [2.75, 3.05) is 12.0 Å². The molecule has 1 heterocycles. The van der Waals surface area contributed by atoms with Crippen LogP contribution in [0.25, 0.3) is 11.0 Å². The lowest BCUT2D eigenvalue weighted by molar-refractivity contribution is 0.487.